The van der Waals surface area contributed by atoms with Crippen molar-refractivity contribution in [2.24, 2.45) is 51.2 Å². The van der Waals surface area contributed by atoms with Crippen LogP contribution in [0.25, 0.3) is 0 Å². The van der Waals surface area contributed by atoms with Gasteiger partial charge in [0.25, 0.3) is 0 Å². The molecule has 9 rings (SSSR count). The predicted molar refractivity (Wildman–Crippen MR) is 208 cm³/mol. The fourth-order valence-corrected chi connectivity index (χ4v) is 13.5. The van der Waals surface area contributed by atoms with E-state index < -0.39 is 27.9 Å². The van der Waals surface area contributed by atoms with Crippen LogP contribution >= 0.6 is 0 Å². The molecule has 54 heavy (non-hydrogen) atoms. The van der Waals surface area contributed by atoms with E-state index >= 15 is 0 Å². The summed E-state index contributed by atoms with van der Waals surface area (Å²) in [5.74, 6) is 2.17. The van der Waals surface area contributed by atoms with Gasteiger partial charge in [-0.1, -0.05) is 59.3 Å². The Labute approximate surface area is 323 Å². The lowest BCUT2D eigenvalue weighted by atomic mass is 9.32. The highest BCUT2D eigenvalue weighted by Gasteiger charge is 2.74. The lowest BCUT2D eigenvalue weighted by Crippen LogP contribution is -2.67. The maximum atomic E-state index is 14.9. The fourth-order valence-electron chi connectivity index (χ4n) is 13.5. The van der Waals surface area contributed by atoms with E-state index in [2.05, 4.69) is 52.8 Å². The van der Waals surface area contributed by atoms with Crippen LogP contribution in [0.4, 0.5) is 4.79 Å². The van der Waals surface area contributed by atoms with Crippen molar-refractivity contribution in [3.8, 4) is 5.75 Å². The minimum atomic E-state index is -1.18. The third kappa shape index (κ3) is 5.77. The molecule has 0 aromatic heterocycles. The summed E-state index contributed by atoms with van der Waals surface area (Å²) in [5, 5.41) is 24.3. The molecule has 2 spiro atoms. The molecular weight excluding hydrogens is 679 g/mol. The van der Waals surface area contributed by atoms with Crippen LogP contribution in [0.3, 0.4) is 0 Å². The molecular formula is C46H65NO7. The summed E-state index contributed by atoms with van der Waals surface area (Å²) in [5.41, 5.74) is -1.37. The van der Waals surface area contributed by atoms with Crippen LogP contribution < -0.4 is 4.74 Å². The number of fused-ring (bicyclic) bond motifs is 1. The molecule has 1 amide bonds. The summed E-state index contributed by atoms with van der Waals surface area (Å²) in [4.78, 5) is 31.2. The summed E-state index contributed by atoms with van der Waals surface area (Å²) >= 11 is 0. The molecule has 8 aliphatic rings. The van der Waals surface area contributed by atoms with Crippen molar-refractivity contribution < 1.29 is 34.0 Å². The second kappa shape index (κ2) is 13.8. The number of ether oxygens (including phenoxy) is 3. The zero-order chi connectivity index (χ0) is 38.3. The van der Waals surface area contributed by atoms with Crippen LogP contribution in [-0.2, 0) is 9.47 Å². The highest BCUT2D eigenvalue weighted by molar-refractivity contribution is 6.10. The molecule has 1 aromatic carbocycles. The SMILES string of the molecule is COc1ccc(C(=O)C2=CC34C=CC25C(CCC2(C)C5CCC2(O)CN(CC2CCCO2)C(=O)OC2CC(C)CCC2C(C)C)C3(C)CCC(O)C4)cc1. The number of hydrogen-bond donors (Lipinski definition) is 2. The van der Waals surface area contributed by atoms with Crippen molar-refractivity contribution in [2.75, 3.05) is 26.8 Å². The summed E-state index contributed by atoms with van der Waals surface area (Å²) < 4.78 is 18.0. The number of carbonyl (C=O) groups excluding carboxylic acids is 2. The summed E-state index contributed by atoms with van der Waals surface area (Å²) in [6.45, 7) is 12.7. The Morgan fingerprint density at radius 3 is 2.39 bits per heavy atom. The third-order valence-electron chi connectivity index (χ3n) is 16.7. The second-order valence-corrected chi connectivity index (χ2v) is 19.6. The highest BCUT2D eigenvalue weighted by atomic mass is 16.6. The summed E-state index contributed by atoms with van der Waals surface area (Å²) in [6, 6.07) is 7.44. The molecule has 8 heteroatoms. The van der Waals surface area contributed by atoms with E-state index in [1.54, 1.807) is 12.0 Å². The number of hydrogen-bond acceptors (Lipinski definition) is 7. The van der Waals surface area contributed by atoms with Gasteiger partial charge in [-0.2, -0.15) is 0 Å². The van der Waals surface area contributed by atoms with Gasteiger partial charge in [0, 0.05) is 34.0 Å². The van der Waals surface area contributed by atoms with E-state index in [1.165, 1.54) is 0 Å². The number of rotatable bonds is 9. The van der Waals surface area contributed by atoms with Crippen molar-refractivity contribution in [2.45, 2.75) is 136 Å². The Morgan fingerprint density at radius 1 is 0.963 bits per heavy atom. The number of nitrogens with zero attached hydrogens (tertiary/aromatic N) is 1. The number of allylic oxidation sites excluding steroid dienone is 4. The Hall–Kier alpha value is -2.68. The molecule has 1 aromatic rings. The molecule has 1 heterocycles. The maximum absolute atomic E-state index is 14.9. The zero-order valence-corrected chi connectivity index (χ0v) is 33.6. The molecule has 7 aliphatic carbocycles. The van der Waals surface area contributed by atoms with Gasteiger partial charge in [0.05, 0.1) is 38.0 Å². The van der Waals surface area contributed by atoms with Gasteiger partial charge in [-0.25, -0.2) is 4.79 Å². The smallest absolute Gasteiger partial charge is 0.410 e. The standard InChI is InChI=1S/C46H65NO7/c1-29(2)35-14-9-30(3)24-37(35)54-41(50)47(27-34-8-7-23-53-34)28-45(51)20-17-39-43(45,5)19-16-38-42(4)18-15-32(48)25-44(42)21-22-46(38,39)36(26-44)40(49)31-10-12-33(52-6)13-11-31/h10-13,21-22,26,29-30,32,34-35,37-39,48,51H,7-9,14-20,23-25,27-28H2,1-6H3. The molecule has 5 fully saturated rings. The number of methoxy groups -OCH3 is 1. The lowest BCUT2D eigenvalue weighted by Gasteiger charge is -2.71. The molecule has 1 aliphatic heterocycles. The largest absolute Gasteiger partial charge is 0.497 e. The van der Waals surface area contributed by atoms with Gasteiger partial charge < -0.3 is 29.3 Å². The van der Waals surface area contributed by atoms with Crippen LogP contribution in [-0.4, -0.2) is 77.7 Å². The number of aliphatic hydroxyl groups is 2. The van der Waals surface area contributed by atoms with Gasteiger partial charge >= 0.3 is 6.09 Å². The number of ketones is 1. The molecule has 1 saturated heterocycles. The van der Waals surface area contributed by atoms with Gasteiger partial charge in [-0.05, 0) is 130 Å². The molecule has 2 bridgehead atoms. The van der Waals surface area contributed by atoms with Crippen molar-refractivity contribution in [3.63, 3.8) is 0 Å². The average molecular weight is 744 g/mol. The first-order chi connectivity index (χ1) is 25.7. The highest BCUT2D eigenvalue weighted by Crippen LogP contribution is 2.78. The van der Waals surface area contributed by atoms with Crippen molar-refractivity contribution in [1.82, 2.24) is 4.90 Å². The van der Waals surface area contributed by atoms with Crippen LogP contribution in [0.2, 0.25) is 0 Å². The van der Waals surface area contributed by atoms with E-state index in [0.29, 0.717) is 55.1 Å². The topological polar surface area (TPSA) is 106 Å². The molecule has 2 N–H and O–H groups in total. The first kappa shape index (κ1) is 38.2. The van der Waals surface area contributed by atoms with Crippen LogP contribution in [0, 0.1) is 51.2 Å². The first-order valence-corrected chi connectivity index (χ1v) is 21.3. The minimum absolute atomic E-state index is 0.00876. The van der Waals surface area contributed by atoms with Crippen molar-refractivity contribution >= 4 is 11.9 Å². The molecule has 4 saturated carbocycles. The molecule has 12 unspecified atom stereocenters. The minimum Gasteiger partial charge on any atom is -0.497 e. The molecule has 296 valence electrons. The zero-order valence-electron chi connectivity index (χ0n) is 33.6. The number of Topliss-reactive ketones (excluding diaryl/α,β-unsaturated/α-hetero) is 1. The number of amides is 1. The quantitative estimate of drug-likeness (QED) is 0.193. The normalized spacial score (nSPS) is 43.6. The summed E-state index contributed by atoms with van der Waals surface area (Å²) in [6.07, 6.45) is 16.2. The second-order valence-electron chi connectivity index (χ2n) is 19.6. The lowest BCUT2D eigenvalue weighted by molar-refractivity contribution is -0.176. The Morgan fingerprint density at radius 2 is 1.69 bits per heavy atom. The van der Waals surface area contributed by atoms with Crippen LogP contribution in [0.1, 0.15) is 122 Å². The molecule has 0 radical (unpaired) electrons. The monoisotopic (exact) mass is 743 g/mol. The number of aliphatic hydroxyl groups excluding tert-OH is 1. The van der Waals surface area contributed by atoms with Crippen LogP contribution in [0.5, 0.6) is 5.75 Å². The van der Waals surface area contributed by atoms with E-state index in [9.17, 15) is 19.8 Å². The molecule has 8 nitrogen and oxygen atoms in total. The summed E-state index contributed by atoms with van der Waals surface area (Å²) in [7, 11) is 1.63. The van der Waals surface area contributed by atoms with Crippen LogP contribution in [0.15, 0.2) is 48.1 Å². The first-order valence-electron chi connectivity index (χ1n) is 21.3. The van der Waals surface area contributed by atoms with Gasteiger partial charge in [0.15, 0.2) is 5.78 Å². The van der Waals surface area contributed by atoms with E-state index in [4.69, 9.17) is 14.2 Å². The van der Waals surface area contributed by atoms with E-state index in [1.807, 2.05) is 24.3 Å². The van der Waals surface area contributed by atoms with Crippen molar-refractivity contribution in [3.05, 3.63) is 53.6 Å². The van der Waals surface area contributed by atoms with Gasteiger partial charge in [-0.3, -0.25) is 4.79 Å². The Kier molecular flexibility index (Phi) is 9.73. The number of carbonyl (C=O) groups is 2. The fraction of sp³-hybridized carbons (Fsp3) is 0.739. The van der Waals surface area contributed by atoms with E-state index in [-0.39, 0.29) is 47.9 Å². The average Bonchev–Trinajstić information content (AvgIpc) is 3.76. The Balaban J connectivity index is 1.15. The maximum Gasteiger partial charge on any atom is 0.410 e. The number of benzene rings is 1. The molecule has 12 atom stereocenters. The predicted octanol–water partition coefficient (Wildman–Crippen LogP) is 8.55. The van der Waals surface area contributed by atoms with E-state index in [0.717, 1.165) is 69.8 Å². The van der Waals surface area contributed by atoms with Gasteiger partial charge in [0.2, 0.25) is 0 Å². The van der Waals surface area contributed by atoms with Gasteiger partial charge in [0.1, 0.15) is 11.9 Å². The Bertz CT molecular complexity index is 1660. The third-order valence-corrected chi connectivity index (χ3v) is 16.7. The van der Waals surface area contributed by atoms with Gasteiger partial charge in [-0.15, -0.1) is 0 Å². The van der Waals surface area contributed by atoms with Crippen molar-refractivity contribution in [1.29, 1.82) is 0 Å².